The Balaban J connectivity index is 2.17. The molecule has 2 aromatic rings. The molecule has 0 aliphatic heterocycles. The maximum Gasteiger partial charge on any atom is 0.168 e. The van der Waals surface area contributed by atoms with E-state index < -0.39 is 12.0 Å². The largest absolute Gasteiger partial charge is 0.388 e. The number of rotatable bonds is 4. The van der Waals surface area contributed by atoms with Gasteiger partial charge in [-0.05, 0) is 17.7 Å². The normalized spacial score (nSPS) is 13.8. The summed E-state index contributed by atoms with van der Waals surface area (Å²) in [6.45, 7) is 1.67. The molecule has 98 valence electrons. The molecule has 0 spiro atoms. The number of Topliss-reactive ketones (excluding diaryl/α,β-unsaturated/α-hetero) is 1. The summed E-state index contributed by atoms with van der Waals surface area (Å²) in [5, 5.41) is 10.2. The molecule has 0 bridgehead atoms. The molecule has 0 heterocycles. The van der Waals surface area contributed by atoms with Crippen molar-refractivity contribution in [3.63, 3.8) is 0 Å². The third-order valence-electron chi connectivity index (χ3n) is 3.16. The molecule has 0 unspecified atom stereocenters. The van der Waals surface area contributed by atoms with Crippen LogP contribution in [0.25, 0.3) is 0 Å². The Bertz CT molecular complexity index is 549. The Kier molecular flexibility index (Phi) is 4.07. The first-order chi connectivity index (χ1) is 9.09. The Morgan fingerprint density at radius 1 is 1.05 bits per heavy atom. The quantitative estimate of drug-likeness (QED) is 0.854. The molecule has 19 heavy (non-hydrogen) atoms. The number of hydrogen-bond acceptors (Lipinski definition) is 2. The SMILES string of the molecule is C[C@H](C(=O)c1ccccc1)[C@H](O)c1ccc(F)cc1. The molecular formula is C16H15FO2. The zero-order valence-corrected chi connectivity index (χ0v) is 10.6. The number of carbonyl (C=O) groups is 1. The second-order valence-corrected chi connectivity index (χ2v) is 4.52. The number of aliphatic hydroxyl groups excluding tert-OH is 1. The van der Waals surface area contributed by atoms with Crippen molar-refractivity contribution in [1.29, 1.82) is 0 Å². The van der Waals surface area contributed by atoms with Crippen LogP contribution in [0.5, 0.6) is 0 Å². The van der Waals surface area contributed by atoms with Gasteiger partial charge < -0.3 is 5.11 Å². The first-order valence-electron chi connectivity index (χ1n) is 6.12. The van der Waals surface area contributed by atoms with Crippen LogP contribution in [0, 0.1) is 11.7 Å². The third kappa shape index (κ3) is 3.06. The number of halogens is 1. The van der Waals surface area contributed by atoms with Crippen molar-refractivity contribution in [2.45, 2.75) is 13.0 Å². The van der Waals surface area contributed by atoms with Crippen molar-refractivity contribution in [2.24, 2.45) is 5.92 Å². The van der Waals surface area contributed by atoms with Gasteiger partial charge in [0, 0.05) is 11.5 Å². The molecule has 1 N–H and O–H groups in total. The summed E-state index contributed by atoms with van der Waals surface area (Å²) in [6, 6.07) is 14.4. The van der Waals surface area contributed by atoms with E-state index in [1.165, 1.54) is 24.3 Å². The van der Waals surface area contributed by atoms with Crippen molar-refractivity contribution >= 4 is 5.78 Å². The van der Waals surface area contributed by atoms with Crippen LogP contribution in [-0.2, 0) is 0 Å². The topological polar surface area (TPSA) is 37.3 Å². The summed E-state index contributed by atoms with van der Waals surface area (Å²) >= 11 is 0. The predicted octanol–water partition coefficient (Wildman–Crippen LogP) is 3.38. The zero-order chi connectivity index (χ0) is 13.8. The maximum atomic E-state index is 12.8. The van der Waals surface area contributed by atoms with Crippen LogP contribution in [0.2, 0.25) is 0 Å². The molecule has 3 heteroatoms. The lowest BCUT2D eigenvalue weighted by atomic mass is 9.90. The van der Waals surface area contributed by atoms with E-state index in [0.29, 0.717) is 11.1 Å². The molecule has 0 radical (unpaired) electrons. The van der Waals surface area contributed by atoms with Gasteiger partial charge in [0.05, 0.1) is 6.10 Å². The number of ketones is 1. The van der Waals surface area contributed by atoms with Crippen LogP contribution in [0.15, 0.2) is 54.6 Å². The standard InChI is InChI=1S/C16H15FO2/c1-11(15(18)12-5-3-2-4-6-12)16(19)13-7-9-14(17)10-8-13/h2-11,16,19H,1H3/t11-,16+/m1/s1. The van der Waals surface area contributed by atoms with Gasteiger partial charge in [-0.25, -0.2) is 4.39 Å². The number of hydrogen-bond donors (Lipinski definition) is 1. The van der Waals surface area contributed by atoms with E-state index in [9.17, 15) is 14.3 Å². The van der Waals surface area contributed by atoms with Gasteiger partial charge in [-0.3, -0.25) is 4.79 Å². The van der Waals surface area contributed by atoms with Gasteiger partial charge in [-0.2, -0.15) is 0 Å². The lowest BCUT2D eigenvalue weighted by molar-refractivity contribution is 0.0713. The van der Waals surface area contributed by atoms with E-state index in [1.807, 2.05) is 6.07 Å². The molecule has 2 atom stereocenters. The molecule has 0 aromatic heterocycles. The Labute approximate surface area is 111 Å². The van der Waals surface area contributed by atoms with Crippen molar-refractivity contribution in [3.8, 4) is 0 Å². The lowest BCUT2D eigenvalue weighted by Gasteiger charge is -2.18. The summed E-state index contributed by atoms with van der Waals surface area (Å²) in [5.41, 5.74) is 1.11. The van der Waals surface area contributed by atoms with Crippen LogP contribution < -0.4 is 0 Å². The minimum Gasteiger partial charge on any atom is -0.388 e. The van der Waals surface area contributed by atoms with E-state index in [4.69, 9.17) is 0 Å². The van der Waals surface area contributed by atoms with Gasteiger partial charge in [0.2, 0.25) is 0 Å². The highest BCUT2D eigenvalue weighted by molar-refractivity contribution is 5.98. The maximum absolute atomic E-state index is 12.8. The van der Waals surface area contributed by atoms with Gasteiger partial charge >= 0.3 is 0 Å². The van der Waals surface area contributed by atoms with Crippen LogP contribution in [0.1, 0.15) is 28.9 Å². The van der Waals surface area contributed by atoms with Gasteiger partial charge in [-0.15, -0.1) is 0 Å². The second kappa shape index (κ2) is 5.76. The van der Waals surface area contributed by atoms with Gasteiger partial charge in [0.25, 0.3) is 0 Å². The summed E-state index contributed by atoms with van der Waals surface area (Å²) in [5.74, 6) is -1.07. The highest BCUT2D eigenvalue weighted by Crippen LogP contribution is 2.25. The summed E-state index contributed by atoms with van der Waals surface area (Å²) in [7, 11) is 0. The third-order valence-corrected chi connectivity index (χ3v) is 3.16. The molecule has 0 amide bonds. The monoisotopic (exact) mass is 258 g/mol. The zero-order valence-electron chi connectivity index (χ0n) is 10.6. The van der Waals surface area contributed by atoms with E-state index in [2.05, 4.69) is 0 Å². The van der Waals surface area contributed by atoms with Crippen LogP contribution >= 0.6 is 0 Å². The highest BCUT2D eigenvalue weighted by Gasteiger charge is 2.24. The van der Waals surface area contributed by atoms with E-state index in [1.54, 1.807) is 31.2 Å². The summed E-state index contributed by atoms with van der Waals surface area (Å²) in [4.78, 5) is 12.2. The molecule has 0 aliphatic carbocycles. The highest BCUT2D eigenvalue weighted by atomic mass is 19.1. The Morgan fingerprint density at radius 2 is 1.63 bits per heavy atom. The number of carbonyl (C=O) groups excluding carboxylic acids is 1. The first kappa shape index (κ1) is 13.4. The fraction of sp³-hybridized carbons (Fsp3) is 0.188. The average molecular weight is 258 g/mol. The average Bonchev–Trinajstić information content (AvgIpc) is 2.46. The minimum absolute atomic E-state index is 0.127. The molecule has 0 aliphatic rings. The van der Waals surface area contributed by atoms with Crippen LogP contribution in [0.4, 0.5) is 4.39 Å². The molecule has 0 saturated heterocycles. The fourth-order valence-electron chi connectivity index (χ4n) is 1.96. The first-order valence-corrected chi connectivity index (χ1v) is 6.12. The van der Waals surface area contributed by atoms with Crippen molar-refractivity contribution < 1.29 is 14.3 Å². The van der Waals surface area contributed by atoms with E-state index >= 15 is 0 Å². The van der Waals surface area contributed by atoms with Gasteiger partial charge in [0.15, 0.2) is 5.78 Å². The van der Waals surface area contributed by atoms with Crippen molar-refractivity contribution in [3.05, 3.63) is 71.5 Å². The number of aliphatic hydroxyl groups is 1. The molecule has 0 fully saturated rings. The van der Waals surface area contributed by atoms with Crippen molar-refractivity contribution in [2.75, 3.05) is 0 Å². The minimum atomic E-state index is -0.937. The smallest absolute Gasteiger partial charge is 0.168 e. The molecule has 0 saturated carbocycles. The van der Waals surface area contributed by atoms with E-state index in [0.717, 1.165) is 0 Å². The predicted molar refractivity (Wildman–Crippen MR) is 71.3 cm³/mol. The summed E-state index contributed by atoms with van der Waals surface area (Å²) < 4.78 is 12.8. The van der Waals surface area contributed by atoms with Crippen LogP contribution in [-0.4, -0.2) is 10.9 Å². The van der Waals surface area contributed by atoms with Gasteiger partial charge in [-0.1, -0.05) is 49.4 Å². The molecular weight excluding hydrogens is 243 g/mol. The number of benzene rings is 2. The molecule has 2 nitrogen and oxygen atoms in total. The van der Waals surface area contributed by atoms with Gasteiger partial charge in [0.1, 0.15) is 5.82 Å². The second-order valence-electron chi connectivity index (χ2n) is 4.52. The van der Waals surface area contributed by atoms with Crippen molar-refractivity contribution in [1.82, 2.24) is 0 Å². The van der Waals surface area contributed by atoms with Crippen LogP contribution in [0.3, 0.4) is 0 Å². The summed E-state index contributed by atoms with van der Waals surface area (Å²) in [6.07, 6.45) is -0.937. The Morgan fingerprint density at radius 3 is 2.21 bits per heavy atom. The molecule has 2 rings (SSSR count). The molecule has 2 aromatic carbocycles. The Hall–Kier alpha value is -2.00. The lowest BCUT2D eigenvalue weighted by Crippen LogP contribution is -2.19. The van der Waals surface area contributed by atoms with E-state index in [-0.39, 0.29) is 11.6 Å². The fourth-order valence-corrected chi connectivity index (χ4v) is 1.96.